The van der Waals surface area contributed by atoms with Crippen molar-refractivity contribution in [3.63, 3.8) is 0 Å². The first-order chi connectivity index (χ1) is 16.5. The second-order valence-corrected chi connectivity index (χ2v) is 9.93. The van der Waals surface area contributed by atoms with Crippen LogP contribution in [0, 0.1) is 5.92 Å². The summed E-state index contributed by atoms with van der Waals surface area (Å²) in [6.45, 7) is 3.50. The van der Waals surface area contributed by atoms with Crippen LogP contribution in [-0.4, -0.2) is 30.6 Å². The van der Waals surface area contributed by atoms with E-state index in [4.69, 9.17) is 0 Å². The number of halogens is 3. The van der Waals surface area contributed by atoms with E-state index in [1.54, 1.807) is 6.07 Å². The second kappa shape index (κ2) is 10.1. The van der Waals surface area contributed by atoms with Gasteiger partial charge in [0.15, 0.2) is 0 Å². The summed E-state index contributed by atoms with van der Waals surface area (Å²) in [7, 11) is 0. The Bertz CT molecular complexity index is 1030. The van der Waals surface area contributed by atoms with Gasteiger partial charge < -0.3 is 10.2 Å². The highest BCUT2D eigenvalue weighted by molar-refractivity contribution is 5.64. The molecule has 0 bridgehead atoms. The van der Waals surface area contributed by atoms with E-state index in [2.05, 4.69) is 26.5 Å². The maximum Gasteiger partial charge on any atom is 0.416 e. The molecule has 0 radical (unpaired) electrons. The van der Waals surface area contributed by atoms with Crippen molar-refractivity contribution in [2.24, 2.45) is 16.1 Å². The molecule has 2 saturated heterocycles. The van der Waals surface area contributed by atoms with Gasteiger partial charge in [-0.1, -0.05) is 12.5 Å². The fraction of sp³-hybridized carbons (Fsp3) is 0.556. The molecule has 4 nitrogen and oxygen atoms in total. The van der Waals surface area contributed by atoms with E-state index in [1.165, 1.54) is 68.1 Å². The van der Waals surface area contributed by atoms with Gasteiger partial charge >= 0.3 is 6.18 Å². The van der Waals surface area contributed by atoms with Crippen LogP contribution in [0.25, 0.3) is 0 Å². The van der Waals surface area contributed by atoms with Gasteiger partial charge in [-0.25, -0.2) is 0 Å². The Hall–Kier alpha value is -2.41. The average Bonchev–Trinajstić information content (AvgIpc) is 2.86. The topological polar surface area (TPSA) is 40.0 Å². The van der Waals surface area contributed by atoms with Crippen molar-refractivity contribution in [2.45, 2.75) is 70.0 Å². The lowest BCUT2D eigenvalue weighted by Gasteiger charge is -2.44. The highest BCUT2D eigenvalue weighted by Gasteiger charge is 2.33. The van der Waals surface area contributed by atoms with Crippen molar-refractivity contribution >= 4 is 17.1 Å². The van der Waals surface area contributed by atoms with Gasteiger partial charge in [0.25, 0.3) is 0 Å². The first kappa shape index (κ1) is 23.3. The molecule has 0 spiro atoms. The summed E-state index contributed by atoms with van der Waals surface area (Å²) in [6, 6.07) is 9.80. The molecule has 2 aromatic carbocycles. The summed E-state index contributed by atoms with van der Waals surface area (Å²) < 4.78 is 39.1. The number of hydrogen-bond donors (Lipinski definition) is 1. The van der Waals surface area contributed by atoms with Crippen LogP contribution in [0.1, 0.15) is 61.6 Å². The number of piperidine rings is 2. The van der Waals surface area contributed by atoms with Gasteiger partial charge in [0.2, 0.25) is 0 Å². The Balaban J connectivity index is 1.33. The fourth-order valence-corrected chi connectivity index (χ4v) is 6.02. The van der Waals surface area contributed by atoms with Gasteiger partial charge in [0.1, 0.15) is 0 Å². The zero-order chi connectivity index (χ0) is 23.5. The Morgan fingerprint density at radius 1 is 0.882 bits per heavy atom. The van der Waals surface area contributed by atoms with Crippen LogP contribution in [-0.2, 0) is 19.0 Å². The Morgan fingerprint density at radius 2 is 1.71 bits per heavy atom. The molecule has 5 rings (SSSR count). The molecule has 2 fully saturated rings. The minimum Gasteiger partial charge on any atom is -0.384 e. The van der Waals surface area contributed by atoms with E-state index < -0.39 is 11.7 Å². The van der Waals surface area contributed by atoms with Crippen molar-refractivity contribution in [1.29, 1.82) is 0 Å². The fourth-order valence-electron chi connectivity index (χ4n) is 6.02. The van der Waals surface area contributed by atoms with Crippen LogP contribution in [0.15, 0.2) is 46.6 Å². The molecular formula is C27H33F3N4. The number of rotatable bonds is 5. The molecule has 1 N–H and O–H groups in total. The van der Waals surface area contributed by atoms with E-state index in [0.717, 1.165) is 50.0 Å². The Labute approximate surface area is 199 Å². The molecule has 7 heteroatoms. The van der Waals surface area contributed by atoms with Crippen LogP contribution >= 0.6 is 0 Å². The summed E-state index contributed by atoms with van der Waals surface area (Å²) in [6.07, 6.45) is 6.38. The third-order valence-electron chi connectivity index (χ3n) is 7.74. The smallest absolute Gasteiger partial charge is 0.384 e. The van der Waals surface area contributed by atoms with E-state index in [0.29, 0.717) is 12.0 Å². The number of alkyl halides is 3. The van der Waals surface area contributed by atoms with Crippen LogP contribution < -0.4 is 5.32 Å². The number of benzene rings is 2. The summed E-state index contributed by atoms with van der Waals surface area (Å²) in [4.78, 5) is 2.70. The number of nitrogens with one attached hydrogen (secondary N) is 1. The molecule has 0 unspecified atom stereocenters. The number of anilines is 1. The highest BCUT2D eigenvalue weighted by atomic mass is 19.4. The summed E-state index contributed by atoms with van der Waals surface area (Å²) in [5.41, 5.74) is 3.98. The molecule has 0 amide bonds. The minimum absolute atomic E-state index is 0.218. The quantitative estimate of drug-likeness (QED) is 0.455. The van der Waals surface area contributed by atoms with Crippen molar-refractivity contribution < 1.29 is 13.2 Å². The Morgan fingerprint density at radius 3 is 2.56 bits per heavy atom. The lowest BCUT2D eigenvalue weighted by atomic mass is 9.83. The number of nitrogens with zero attached hydrogens (tertiary/aromatic N) is 3. The van der Waals surface area contributed by atoms with Gasteiger partial charge in [-0.2, -0.15) is 23.4 Å². The first-order valence-corrected chi connectivity index (χ1v) is 12.7. The number of hydrogen-bond acceptors (Lipinski definition) is 4. The maximum atomic E-state index is 13.0. The van der Waals surface area contributed by atoms with Crippen molar-refractivity contribution in [1.82, 2.24) is 4.90 Å². The van der Waals surface area contributed by atoms with Crippen molar-refractivity contribution in [3.05, 3.63) is 53.1 Å². The standard InChI is InChI=1S/C27H33F3N4/c28-27(29,30)20-8-5-9-21(17-20)32-33-25-14-13-24(22-10-1-2-11-23(22)25)31-18-19-7-6-16-34-15-4-3-12-26(19)34/h5,8-9,13-14,17,19,26,31H,1-4,6-7,10-12,15-16,18H2/t19-,26+/m0/s1. The predicted molar refractivity (Wildman–Crippen MR) is 129 cm³/mol. The SMILES string of the molecule is FC(F)(F)c1cccc(N=Nc2ccc(NC[C@@H]3CCCN4CCCC[C@H]34)c3c2CCCC3)c1. The van der Waals surface area contributed by atoms with E-state index in [9.17, 15) is 13.2 Å². The van der Waals surface area contributed by atoms with E-state index >= 15 is 0 Å². The van der Waals surface area contributed by atoms with Crippen LogP contribution in [0.4, 0.5) is 30.2 Å². The largest absolute Gasteiger partial charge is 0.416 e. The van der Waals surface area contributed by atoms with Gasteiger partial charge in [-0.05, 0) is 112 Å². The zero-order valence-electron chi connectivity index (χ0n) is 19.6. The average molecular weight is 471 g/mol. The molecule has 0 aromatic heterocycles. The molecule has 182 valence electrons. The zero-order valence-corrected chi connectivity index (χ0v) is 19.6. The summed E-state index contributed by atoms with van der Waals surface area (Å²) in [5.74, 6) is 0.688. The second-order valence-electron chi connectivity index (χ2n) is 9.93. The van der Waals surface area contributed by atoms with Gasteiger partial charge in [0.05, 0.1) is 16.9 Å². The lowest BCUT2D eigenvalue weighted by molar-refractivity contribution is -0.137. The van der Waals surface area contributed by atoms with Crippen molar-refractivity contribution in [3.8, 4) is 0 Å². The molecule has 2 heterocycles. The van der Waals surface area contributed by atoms with Crippen LogP contribution in [0.2, 0.25) is 0 Å². The van der Waals surface area contributed by atoms with Crippen LogP contribution in [0.3, 0.4) is 0 Å². The predicted octanol–water partition coefficient (Wildman–Crippen LogP) is 7.68. The van der Waals surface area contributed by atoms with Crippen molar-refractivity contribution in [2.75, 3.05) is 25.0 Å². The van der Waals surface area contributed by atoms with Gasteiger partial charge in [-0.15, -0.1) is 0 Å². The van der Waals surface area contributed by atoms with E-state index in [-0.39, 0.29) is 5.69 Å². The molecular weight excluding hydrogens is 437 g/mol. The molecule has 34 heavy (non-hydrogen) atoms. The molecule has 2 aliphatic heterocycles. The third kappa shape index (κ3) is 5.14. The van der Waals surface area contributed by atoms with Gasteiger partial charge in [0, 0.05) is 18.3 Å². The van der Waals surface area contributed by atoms with Crippen LogP contribution in [0.5, 0.6) is 0 Å². The number of azo groups is 1. The minimum atomic E-state index is -4.38. The van der Waals surface area contributed by atoms with E-state index in [1.807, 2.05) is 6.07 Å². The number of fused-ring (bicyclic) bond motifs is 2. The molecule has 0 saturated carbocycles. The monoisotopic (exact) mass is 470 g/mol. The molecule has 2 atom stereocenters. The highest BCUT2D eigenvalue weighted by Crippen LogP contribution is 2.38. The third-order valence-corrected chi connectivity index (χ3v) is 7.74. The Kier molecular flexibility index (Phi) is 6.91. The normalized spacial score (nSPS) is 23.5. The summed E-state index contributed by atoms with van der Waals surface area (Å²) in [5, 5.41) is 12.3. The maximum absolute atomic E-state index is 13.0. The lowest BCUT2D eigenvalue weighted by Crippen LogP contribution is -2.49. The molecule has 3 aliphatic rings. The van der Waals surface area contributed by atoms with Gasteiger partial charge in [-0.3, -0.25) is 0 Å². The molecule has 2 aromatic rings. The summed E-state index contributed by atoms with van der Waals surface area (Å²) >= 11 is 0. The first-order valence-electron chi connectivity index (χ1n) is 12.7. The molecule has 1 aliphatic carbocycles.